The highest BCUT2D eigenvalue weighted by Gasteiger charge is 2.34. The molecule has 0 aromatic carbocycles. The molecule has 1 aliphatic rings. The quantitative estimate of drug-likeness (QED) is 0.795. The van der Waals surface area contributed by atoms with E-state index in [1.165, 1.54) is 0 Å². The number of amides is 1. The Morgan fingerprint density at radius 1 is 1.31 bits per heavy atom. The average molecular weight is 226 g/mol. The molecule has 1 amide bonds. The molecule has 3 heteroatoms. The van der Waals surface area contributed by atoms with Crippen molar-refractivity contribution in [1.29, 1.82) is 0 Å². The molecule has 94 valence electrons. The summed E-state index contributed by atoms with van der Waals surface area (Å²) in [5, 5.41) is 3.22. The van der Waals surface area contributed by atoms with Crippen LogP contribution in [-0.2, 0) is 4.79 Å². The van der Waals surface area contributed by atoms with E-state index in [0.29, 0.717) is 5.92 Å². The molecule has 0 aromatic rings. The van der Waals surface area contributed by atoms with E-state index in [0.717, 1.165) is 13.1 Å². The van der Waals surface area contributed by atoms with Crippen molar-refractivity contribution in [2.75, 3.05) is 20.1 Å². The molecule has 0 radical (unpaired) electrons. The molecule has 1 rings (SSSR count). The van der Waals surface area contributed by atoms with E-state index in [9.17, 15) is 4.79 Å². The summed E-state index contributed by atoms with van der Waals surface area (Å²) in [6.07, 6.45) is 0. The van der Waals surface area contributed by atoms with Gasteiger partial charge < -0.3 is 10.2 Å². The van der Waals surface area contributed by atoms with Crippen LogP contribution in [0.1, 0.15) is 34.6 Å². The first-order valence-corrected chi connectivity index (χ1v) is 6.22. The fourth-order valence-electron chi connectivity index (χ4n) is 1.96. The van der Waals surface area contributed by atoms with Crippen LogP contribution >= 0.6 is 0 Å². The summed E-state index contributed by atoms with van der Waals surface area (Å²) >= 11 is 0. The van der Waals surface area contributed by atoms with Crippen LogP contribution in [0.2, 0.25) is 0 Å². The van der Waals surface area contributed by atoms with Crippen LogP contribution in [0.5, 0.6) is 0 Å². The maximum atomic E-state index is 12.3. The monoisotopic (exact) mass is 226 g/mol. The Morgan fingerprint density at radius 2 is 1.81 bits per heavy atom. The number of carbonyl (C=O) groups excluding carboxylic acids is 1. The van der Waals surface area contributed by atoms with E-state index in [1.807, 2.05) is 11.9 Å². The lowest BCUT2D eigenvalue weighted by Gasteiger charge is -2.39. The van der Waals surface area contributed by atoms with Crippen molar-refractivity contribution in [2.45, 2.75) is 40.7 Å². The van der Waals surface area contributed by atoms with Crippen LogP contribution in [-0.4, -0.2) is 37.0 Å². The lowest BCUT2D eigenvalue weighted by molar-refractivity contribution is -0.139. The highest BCUT2D eigenvalue weighted by Crippen LogP contribution is 2.26. The topological polar surface area (TPSA) is 32.3 Å². The largest absolute Gasteiger partial charge is 0.342 e. The third kappa shape index (κ3) is 2.76. The summed E-state index contributed by atoms with van der Waals surface area (Å²) in [5.74, 6) is 0.965. The Hall–Kier alpha value is -0.570. The van der Waals surface area contributed by atoms with Crippen molar-refractivity contribution < 1.29 is 4.79 Å². The van der Waals surface area contributed by atoms with Crippen LogP contribution in [0, 0.1) is 17.3 Å². The average Bonchev–Trinajstić information content (AvgIpc) is 2.10. The van der Waals surface area contributed by atoms with Crippen LogP contribution < -0.4 is 5.32 Å². The highest BCUT2D eigenvalue weighted by molar-refractivity contribution is 5.79. The van der Waals surface area contributed by atoms with Crippen LogP contribution in [0.25, 0.3) is 0 Å². The van der Waals surface area contributed by atoms with E-state index in [1.54, 1.807) is 0 Å². The maximum Gasteiger partial charge on any atom is 0.225 e. The lowest BCUT2D eigenvalue weighted by atomic mass is 9.84. The first-order chi connectivity index (χ1) is 7.25. The molecule has 2 atom stereocenters. The molecule has 1 aliphatic heterocycles. The molecule has 1 fully saturated rings. The van der Waals surface area contributed by atoms with Crippen molar-refractivity contribution >= 4 is 5.91 Å². The van der Waals surface area contributed by atoms with Crippen molar-refractivity contribution in [3.8, 4) is 0 Å². The molecule has 1 heterocycles. The highest BCUT2D eigenvalue weighted by atomic mass is 16.2. The predicted octanol–water partition coefficient (Wildman–Crippen LogP) is 1.73. The maximum absolute atomic E-state index is 12.3. The third-order valence-electron chi connectivity index (χ3n) is 4.09. The zero-order chi connectivity index (χ0) is 12.5. The minimum absolute atomic E-state index is 0.141. The molecule has 0 spiro atoms. The number of rotatable bonds is 3. The van der Waals surface area contributed by atoms with Gasteiger partial charge in [0, 0.05) is 19.0 Å². The normalized spacial score (nSPS) is 21.1. The second-order valence-electron chi connectivity index (χ2n) is 6.20. The summed E-state index contributed by atoms with van der Waals surface area (Å²) in [5.41, 5.74) is 0.141. The molecule has 3 nitrogen and oxygen atoms in total. The predicted molar refractivity (Wildman–Crippen MR) is 67.2 cm³/mol. The van der Waals surface area contributed by atoms with E-state index >= 15 is 0 Å². The smallest absolute Gasteiger partial charge is 0.225 e. The molecule has 0 aromatic heterocycles. The molecule has 0 bridgehead atoms. The Morgan fingerprint density at radius 3 is 2.12 bits per heavy atom. The van der Waals surface area contributed by atoms with Crippen molar-refractivity contribution in [3.63, 3.8) is 0 Å². The first kappa shape index (κ1) is 13.5. The number of hydrogen-bond donors (Lipinski definition) is 1. The minimum atomic E-state index is 0.141. The summed E-state index contributed by atoms with van der Waals surface area (Å²) in [4.78, 5) is 14.2. The first-order valence-electron chi connectivity index (χ1n) is 6.22. The molecule has 1 N–H and O–H groups in total. The van der Waals surface area contributed by atoms with Crippen LogP contribution in [0.3, 0.4) is 0 Å². The number of nitrogens with zero attached hydrogens (tertiary/aromatic N) is 1. The fraction of sp³-hybridized carbons (Fsp3) is 0.923. The zero-order valence-electron chi connectivity index (χ0n) is 11.5. The number of carbonyl (C=O) groups is 1. The van der Waals surface area contributed by atoms with Gasteiger partial charge in [-0.2, -0.15) is 0 Å². The third-order valence-corrected chi connectivity index (χ3v) is 4.09. The van der Waals surface area contributed by atoms with Gasteiger partial charge in [0.25, 0.3) is 0 Å². The Labute approximate surface area is 99.6 Å². The van der Waals surface area contributed by atoms with Gasteiger partial charge in [-0.15, -0.1) is 0 Å². The van der Waals surface area contributed by atoms with Crippen molar-refractivity contribution in [1.82, 2.24) is 10.2 Å². The molecule has 0 aliphatic carbocycles. The summed E-state index contributed by atoms with van der Waals surface area (Å²) in [6.45, 7) is 12.7. The van der Waals surface area contributed by atoms with Gasteiger partial charge in [-0.25, -0.2) is 0 Å². The van der Waals surface area contributed by atoms with Gasteiger partial charge in [-0.05, 0) is 31.3 Å². The molecule has 16 heavy (non-hydrogen) atoms. The van der Waals surface area contributed by atoms with E-state index in [2.05, 4.69) is 39.9 Å². The van der Waals surface area contributed by atoms with E-state index in [-0.39, 0.29) is 23.3 Å². The molecule has 0 saturated carbocycles. The Balaban J connectivity index is 2.58. The van der Waals surface area contributed by atoms with Gasteiger partial charge in [0.15, 0.2) is 0 Å². The van der Waals surface area contributed by atoms with Gasteiger partial charge in [0.2, 0.25) is 5.91 Å². The molecular weight excluding hydrogens is 200 g/mol. The summed E-state index contributed by atoms with van der Waals surface area (Å²) < 4.78 is 0. The van der Waals surface area contributed by atoms with Crippen LogP contribution in [0.4, 0.5) is 0 Å². The standard InChI is InChI=1S/C13H26N2O/c1-9(11-7-14-8-11)12(16)15(6)10(2)13(3,4)5/h9-11,14H,7-8H2,1-6H3. The number of hydrogen-bond acceptors (Lipinski definition) is 2. The van der Waals surface area contributed by atoms with Gasteiger partial charge in [-0.3, -0.25) is 4.79 Å². The number of nitrogens with one attached hydrogen (secondary N) is 1. The Bertz CT molecular complexity index is 253. The van der Waals surface area contributed by atoms with Crippen molar-refractivity contribution in [2.24, 2.45) is 17.3 Å². The van der Waals surface area contributed by atoms with Crippen molar-refractivity contribution in [3.05, 3.63) is 0 Å². The summed E-state index contributed by atoms with van der Waals surface area (Å²) in [6, 6.07) is 0.274. The second-order valence-corrected chi connectivity index (χ2v) is 6.20. The Kier molecular flexibility index (Phi) is 4.00. The van der Waals surface area contributed by atoms with E-state index in [4.69, 9.17) is 0 Å². The SMILES string of the molecule is CC(C(=O)N(C)C(C)C(C)(C)C)C1CNC1. The minimum Gasteiger partial charge on any atom is -0.342 e. The van der Waals surface area contributed by atoms with Gasteiger partial charge in [0.05, 0.1) is 0 Å². The molecular formula is C13H26N2O. The van der Waals surface area contributed by atoms with Gasteiger partial charge in [0.1, 0.15) is 0 Å². The van der Waals surface area contributed by atoms with Gasteiger partial charge in [-0.1, -0.05) is 27.7 Å². The van der Waals surface area contributed by atoms with E-state index < -0.39 is 0 Å². The molecule has 1 saturated heterocycles. The fourth-order valence-corrected chi connectivity index (χ4v) is 1.96. The van der Waals surface area contributed by atoms with Gasteiger partial charge >= 0.3 is 0 Å². The molecule has 2 unspecified atom stereocenters. The summed E-state index contributed by atoms with van der Waals surface area (Å²) in [7, 11) is 1.93. The lowest BCUT2D eigenvalue weighted by Crippen LogP contribution is -2.52. The van der Waals surface area contributed by atoms with Crippen LogP contribution in [0.15, 0.2) is 0 Å². The zero-order valence-corrected chi connectivity index (χ0v) is 11.5. The second kappa shape index (κ2) is 4.74.